The maximum absolute atomic E-state index is 13.4. The fourth-order valence-electron chi connectivity index (χ4n) is 3.57. The zero-order valence-electron chi connectivity index (χ0n) is 18.8. The fourth-order valence-corrected chi connectivity index (χ4v) is 4.94. The normalized spacial score (nSPS) is 11.3. The van der Waals surface area contributed by atoms with Gasteiger partial charge in [0.15, 0.2) is 0 Å². The summed E-state index contributed by atoms with van der Waals surface area (Å²) in [4.78, 5) is 25.4. The van der Waals surface area contributed by atoms with Crippen LogP contribution in [0.15, 0.2) is 87.5 Å². The summed E-state index contributed by atoms with van der Waals surface area (Å²) < 4.78 is 51.6. The molecule has 0 aliphatic heterocycles. The zero-order valence-corrected chi connectivity index (χ0v) is 19.6. The summed E-state index contributed by atoms with van der Waals surface area (Å²) in [6.45, 7) is -0.300. The Balaban J connectivity index is 1.82. The summed E-state index contributed by atoms with van der Waals surface area (Å²) in [5.74, 6) is -0.125. The van der Waals surface area contributed by atoms with Crippen LogP contribution in [-0.4, -0.2) is 33.1 Å². The SMILES string of the molecule is COc1ccc(S(=O)(=O)c2cn(CC(=O)Nc3ccc(F)cc3)c3ccc(OC)cc3c2=O)cc1. The molecule has 1 amide bonds. The summed E-state index contributed by atoms with van der Waals surface area (Å²) in [5, 5.41) is 2.71. The molecule has 4 aromatic rings. The van der Waals surface area contributed by atoms with Crippen LogP contribution in [0.3, 0.4) is 0 Å². The van der Waals surface area contributed by atoms with Gasteiger partial charge in [-0.1, -0.05) is 0 Å². The number of nitrogens with zero attached hydrogens (tertiary/aromatic N) is 1. The number of hydrogen-bond donors (Lipinski definition) is 1. The molecular formula is C25H21FN2O6S. The van der Waals surface area contributed by atoms with Crippen molar-refractivity contribution in [1.29, 1.82) is 0 Å². The van der Waals surface area contributed by atoms with Crippen LogP contribution in [0.4, 0.5) is 10.1 Å². The van der Waals surface area contributed by atoms with E-state index in [9.17, 15) is 22.4 Å². The highest BCUT2D eigenvalue weighted by Crippen LogP contribution is 2.25. The Hall–Kier alpha value is -4.18. The average molecular weight is 497 g/mol. The highest BCUT2D eigenvalue weighted by atomic mass is 32.2. The topological polar surface area (TPSA) is 104 Å². The molecule has 0 unspecified atom stereocenters. The lowest BCUT2D eigenvalue weighted by Gasteiger charge is -2.15. The van der Waals surface area contributed by atoms with Gasteiger partial charge in [0.05, 0.1) is 30.0 Å². The van der Waals surface area contributed by atoms with Crippen molar-refractivity contribution >= 4 is 32.3 Å². The first-order chi connectivity index (χ1) is 16.7. The Bertz CT molecular complexity index is 1560. The summed E-state index contributed by atoms with van der Waals surface area (Å²) >= 11 is 0. The molecule has 0 fully saturated rings. The van der Waals surface area contributed by atoms with E-state index in [2.05, 4.69) is 5.32 Å². The molecule has 0 bridgehead atoms. The summed E-state index contributed by atoms with van der Waals surface area (Å²) in [7, 11) is -1.35. The van der Waals surface area contributed by atoms with Crippen molar-refractivity contribution in [3.8, 4) is 11.5 Å². The van der Waals surface area contributed by atoms with E-state index >= 15 is 0 Å². The number of halogens is 1. The van der Waals surface area contributed by atoms with Crippen LogP contribution >= 0.6 is 0 Å². The third-order valence-electron chi connectivity index (χ3n) is 5.36. The van der Waals surface area contributed by atoms with Crippen molar-refractivity contribution in [2.75, 3.05) is 19.5 Å². The van der Waals surface area contributed by atoms with E-state index in [1.54, 1.807) is 12.1 Å². The predicted octanol–water partition coefficient (Wildman–Crippen LogP) is 3.63. The van der Waals surface area contributed by atoms with Crippen LogP contribution < -0.4 is 20.2 Å². The molecule has 0 saturated heterocycles. The standard InChI is InChI=1S/C25H21FN2O6S/c1-33-18-7-10-20(11-8-18)35(31,32)23-14-28(15-24(29)27-17-5-3-16(26)4-6-17)22-12-9-19(34-2)13-21(22)25(23)30/h3-14H,15H2,1-2H3,(H,27,29). The largest absolute Gasteiger partial charge is 0.497 e. The summed E-state index contributed by atoms with van der Waals surface area (Å²) in [6, 6.07) is 15.5. The van der Waals surface area contributed by atoms with E-state index in [4.69, 9.17) is 9.47 Å². The molecule has 0 aliphatic rings. The van der Waals surface area contributed by atoms with Crippen LogP contribution in [0.5, 0.6) is 11.5 Å². The lowest BCUT2D eigenvalue weighted by molar-refractivity contribution is -0.116. The van der Waals surface area contributed by atoms with E-state index in [1.807, 2.05) is 0 Å². The van der Waals surface area contributed by atoms with Gasteiger partial charge in [0.25, 0.3) is 0 Å². The second-order valence-electron chi connectivity index (χ2n) is 7.57. The number of carbonyl (C=O) groups is 1. The smallest absolute Gasteiger partial charge is 0.244 e. The molecule has 0 atom stereocenters. The molecule has 0 saturated carbocycles. The van der Waals surface area contributed by atoms with Gasteiger partial charge in [-0.15, -0.1) is 0 Å². The minimum Gasteiger partial charge on any atom is -0.497 e. The lowest BCUT2D eigenvalue weighted by Crippen LogP contribution is -2.24. The predicted molar refractivity (Wildman–Crippen MR) is 128 cm³/mol. The maximum atomic E-state index is 13.4. The third-order valence-corrected chi connectivity index (χ3v) is 7.12. The first-order valence-electron chi connectivity index (χ1n) is 10.4. The monoisotopic (exact) mass is 496 g/mol. The number of fused-ring (bicyclic) bond motifs is 1. The van der Waals surface area contributed by atoms with Crippen molar-refractivity contribution in [3.05, 3.63) is 89.0 Å². The Kier molecular flexibility index (Phi) is 6.57. The van der Waals surface area contributed by atoms with Crippen molar-refractivity contribution in [2.45, 2.75) is 16.3 Å². The first kappa shape index (κ1) is 24.0. The van der Waals surface area contributed by atoms with E-state index in [0.717, 1.165) is 6.20 Å². The van der Waals surface area contributed by atoms with Crippen molar-refractivity contribution in [2.24, 2.45) is 0 Å². The van der Waals surface area contributed by atoms with E-state index < -0.39 is 31.9 Å². The van der Waals surface area contributed by atoms with Gasteiger partial charge in [-0.3, -0.25) is 9.59 Å². The van der Waals surface area contributed by atoms with Crippen molar-refractivity contribution in [3.63, 3.8) is 0 Å². The molecule has 4 rings (SSSR count). The third kappa shape index (κ3) is 4.87. The van der Waals surface area contributed by atoms with E-state index in [1.165, 1.54) is 73.4 Å². The number of anilines is 1. The quantitative estimate of drug-likeness (QED) is 0.419. The van der Waals surface area contributed by atoms with Crippen LogP contribution in [-0.2, 0) is 21.2 Å². The summed E-state index contributed by atoms with van der Waals surface area (Å²) in [5.41, 5.74) is -0.00172. The average Bonchev–Trinajstić information content (AvgIpc) is 2.86. The number of amides is 1. The zero-order chi connectivity index (χ0) is 25.2. The van der Waals surface area contributed by atoms with E-state index in [-0.39, 0.29) is 16.8 Å². The Morgan fingerprint density at radius 1 is 0.943 bits per heavy atom. The van der Waals surface area contributed by atoms with Crippen molar-refractivity contribution in [1.82, 2.24) is 4.57 Å². The fraction of sp³-hybridized carbons (Fsp3) is 0.120. The molecule has 0 radical (unpaired) electrons. The second kappa shape index (κ2) is 9.59. The van der Waals surface area contributed by atoms with Gasteiger partial charge in [0.2, 0.25) is 21.2 Å². The lowest BCUT2D eigenvalue weighted by atomic mass is 10.2. The molecule has 1 N–H and O–H groups in total. The number of methoxy groups -OCH3 is 2. The Morgan fingerprint density at radius 2 is 1.57 bits per heavy atom. The van der Waals surface area contributed by atoms with Gasteiger partial charge >= 0.3 is 0 Å². The van der Waals surface area contributed by atoms with Crippen molar-refractivity contribution < 1.29 is 27.1 Å². The van der Waals surface area contributed by atoms with Gasteiger partial charge in [0.1, 0.15) is 28.8 Å². The number of pyridine rings is 1. The van der Waals surface area contributed by atoms with Gasteiger partial charge < -0.3 is 19.4 Å². The number of sulfone groups is 1. The Labute approximate surface area is 200 Å². The highest BCUT2D eigenvalue weighted by Gasteiger charge is 2.25. The number of carbonyl (C=O) groups excluding carboxylic acids is 1. The first-order valence-corrected chi connectivity index (χ1v) is 11.9. The minimum absolute atomic E-state index is 0.0773. The molecule has 3 aromatic carbocycles. The number of hydrogen-bond acceptors (Lipinski definition) is 6. The van der Waals surface area contributed by atoms with Crippen LogP contribution in [0.2, 0.25) is 0 Å². The summed E-state index contributed by atoms with van der Waals surface area (Å²) in [6.07, 6.45) is 1.15. The van der Waals surface area contributed by atoms with Gasteiger partial charge in [0, 0.05) is 11.9 Å². The van der Waals surface area contributed by atoms with Gasteiger partial charge in [-0.2, -0.15) is 0 Å². The number of nitrogens with one attached hydrogen (secondary N) is 1. The van der Waals surface area contributed by atoms with Crippen LogP contribution in [0, 0.1) is 5.82 Å². The highest BCUT2D eigenvalue weighted by molar-refractivity contribution is 7.91. The Morgan fingerprint density at radius 3 is 2.20 bits per heavy atom. The number of ether oxygens (including phenoxy) is 2. The van der Waals surface area contributed by atoms with Gasteiger partial charge in [-0.05, 0) is 66.7 Å². The second-order valence-corrected chi connectivity index (χ2v) is 9.49. The molecular weight excluding hydrogens is 475 g/mol. The van der Waals surface area contributed by atoms with Gasteiger partial charge in [-0.25, -0.2) is 12.8 Å². The molecule has 180 valence electrons. The van der Waals surface area contributed by atoms with Crippen LogP contribution in [0.1, 0.15) is 0 Å². The molecule has 1 heterocycles. The molecule has 0 spiro atoms. The number of benzene rings is 3. The van der Waals surface area contributed by atoms with E-state index in [0.29, 0.717) is 22.7 Å². The number of aromatic nitrogens is 1. The maximum Gasteiger partial charge on any atom is 0.244 e. The molecule has 0 aliphatic carbocycles. The van der Waals surface area contributed by atoms with Crippen LogP contribution in [0.25, 0.3) is 10.9 Å². The minimum atomic E-state index is -4.23. The number of rotatable bonds is 7. The molecule has 8 nitrogen and oxygen atoms in total. The molecule has 35 heavy (non-hydrogen) atoms. The molecule has 10 heteroatoms. The molecule has 1 aromatic heterocycles.